The molecule has 0 radical (unpaired) electrons. The monoisotopic (exact) mass is 249 g/mol. The molecule has 2 rings (SSSR count). The van der Waals surface area contributed by atoms with Crippen molar-refractivity contribution in [3.05, 3.63) is 35.1 Å². The van der Waals surface area contributed by atoms with Gasteiger partial charge in [0.25, 0.3) is 0 Å². The fourth-order valence-corrected chi connectivity index (χ4v) is 2.18. The number of carbonyl (C=O) groups excluding carboxylic acids is 1. The van der Waals surface area contributed by atoms with Gasteiger partial charge in [-0.05, 0) is 26.8 Å². The molecular weight excluding hydrogens is 233 g/mol. The number of hydrogen-bond acceptors (Lipinski definition) is 2. The zero-order chi connectivity index (χ0) is 13.4. The molecule has 1 atom stereocenters. The molecule has 2 N–H and O–H groups in total. The highest BCUT2D eigenvalue weighted by atomic mass is 19.1. The largest absolute Gasteiger partial charge is 0.385 e. The van der Waals surface area contributed by atoms with Crippen molar-refractivity contribution in [3.63, 3.8) is 0 Å². The summed E-state index contributed by atoms with van der Waals surface area (Å²) in [5.74, 6) is -0.220. The zero-order valence-corrected chi connectivity index (χ0v) is 10.6. The third kappa shape index (κ3) is 1.96. The fourth-order valence-electron chi connectivity index (χ4n) is 2.18. The van der Waals surface area contributed by atoms with Crippen LogP contribution in [-0.4, -0.2) is 22.8 Å². The summed E-state index contributed by atoms with van der Waals surface area (Å²) >= 11 is 0. The zero-order valence-electron chi connectivity index (χ0n) is 10.6. The second-order valence-electron chi connectivity index (χ2n) is 4.75. The maximum absolute atomic E-state index is 13.9. The minimum Gasteiger partial charge on any atom is -0.385 e. The summed E-state index contributed by atoms with van der Waals surface area (Å²) in [4.78, 5) is 17.0. The second kappa shape index (κ2) is 4.40. The predicted molar refractivity (Wildman–Crippen MR) is 67.9 cm³/mol. The van der Waals surface area contributed by atoms with E-state index in [9.17, 15) is 9.18 Å². The lowest BCUT2D eigenvalue weighted by atomic mass is 10.0. The van der Waals surface area contributed by atoms with E-state index in [-0.39, 0.29) is 17.7 Å². The molecule has 5 heteroatoms. The Morgan fingerprint density at radius 2 is 2.11 bits per heavy atom. The number of carbonyl (C=O) groups is 1. The molecule has 0 aliphatic carbocycles. The standard InChI is InChI=1S/C13H16FN3O/c1-7(2)17-11(12(15)16-13(17)18)9-6-8(3)4-5-10(9)14/h4-7,11H,1-3H3,(H2,15,16,18). The highest BCUT2D eigenvalue weighted by Crippen LogP contribution is 2.31. The summed E-state index contributed by atoms with van der Waals surface area (Å²) in [6.07, 6.45) is 0. The molecule has 0 aromatic heterocycles. The quantitative estimate of drug-likeness (QED) is 0.874. The molecule has 1 aromatic carbocycles. The summed E-state index contributed by atoms with van der Waals surface area (Å²) in [5, 5.41) is 0. The van der Waals surface area contributed by atoms with E-state index >= 15 is 0 Å². The molecule has 4 nitrogen and oxygen atoms in total. The van der Waals surface area contributed by atoms with Crippen LogP contribution in [0.5, 0.6) is 0 Å². The number of hydrogen-bond donors (Lipinski definition) is 1. The maximum Gasteiger partial charge on any atom is 0.346 e. The van der Waals surface area contributed by atoms with Crippen molar-refractivity contribution in [3.8, 4) is 0 Å². The van der Waals surface area contributed by atoms with Gasteiger partial charge in [0.15, 0.2) is 0 Å². The van der Waals surface area contributed by atoms with Crippen molar-refractivity contribution >= 4 is 11.9 Å². The van der Waals surface area contributed by atoms with Gasteiger partial charge in [0.1, 0.15) is 17.7 Å². The highest BCUT2D eigenvalue weighted by Gasteiger charge is 2.37. The highest BCUT2D eigenvalue weighted by molar-refractivity contribution is 6.03. The van der Waals surface area contributed by atoms with E-state index in [0.717, 1.165) is 5.56 Å². The minimum atomic E-state index is -0.600. The van der Waals surface area contributed by atoms with Gasteiger partial charge in [0.2, 0.25) is 0 Å². The number of nitrogens with two attached hydrogens (primary N) is 1. The molecule has 0 spiro atoms. The SMILES string of the molecule is Cc1ccc(F)c(C2C(N)=NC(=O)N2C(C)C)c1. The number of amides is 2. The van der Waals surface area contributed by atoms with Gasteiger partial charge in [-0.25, -0.2) is 9.18 Å². The molecule has 0 saturated heterocycles. The van der Waals surface area contributed by atoms with Crippen molar-refractivity contribution in [1.82, 2.24) is 4.90 Å². The molecule has 0 fully saturated rings. The Hall–Kier alpha value is -1.91. The van der Waals surface area contributed by atoms with Gasteiger partial charge in [-0.3, -0.25) is 0 Å². The van der Waals surface area contributed by atoms with Gasteiger partial charge in [-0.2, -0.15) is 4.99 Å². The molecule has 96 valence electrons. The van der Waals surface area contributed by atoms with E-state index in [2.05, 4.69) is 4.99 Å². The van der Waals surface area contributed by atoms with Crippen LogP contribution >= 0.6 is 0 Å². The normalized spacial score (nSPS) is 19.6. The van der Waals surface area contributed by atoms with Crippen LogP contribution in [-0.2, 0) is 0 Å². The van der Waals surface area contributed by atoms with E-state index in [1.54, 1.807) is 12.1 Å². The molecule has 1 aliphatic rings. The average Bonchev–Trinajstić information content (AvgIpc) is 2.57. The van der Waals surface area contributed by atoms with Gasteiger partial charge >= 0.3 is 6.03 Å². The second-order valence-corrected chi connectivity index (χ2v) is 4.75. The van der Waals surface area contributed by atoms with Crippen LogP contribution in [0.1, 0.15) is 31.0 Å². The Labute approximate surface area is 105 Å². The lowest BCUT2D eigenvalue weighted by Gasteiger charge is -2.28. The number of urea groups is 1. The van der Waals surface area contributed by atoms with Gasteiger partial charge in [0.05, 0.1) is 0 Å². The minimum absolute atomic E-state index is 0.0905. The van der Waals surface area contributed by atoms with Gasteiger partial charge in [-0.15, -0.1) is 0 Å². The first kappa shape index (κ1) is 12.5. The van der Waals surface area contributed by atoms with Crippen molar-refractivity contribution in [2.24, 2.45) is 10.7 Å². The van der Waals surface area contributed by atoms with E-state index in [0.29, 0.717) is 5.56 Å². The Morgan fingerprint density at radius 3 is 2.72 bits per heavy atom. The van der Waals surface area contributed by atoms with E-state index in [1.807, 2.05) is 20.8 Å². The van der Waals surface area contributed by atoms with Crippen molar-refractivity contribution < 1.29 is 9.18 Å². The molecule has 0 bridgehead atoms. The third-order valence-corrected chi connectivity index (χ3v) is 3.01. The number of benzene rings is 1. The van der Waals surface area contributed by atoms with Crippen LogP contribution in [0.15, 0.2) is 23.2 Å². The third-order valence-electron chi connectivity index (χ3n) is 3.01. The fraction of sp³-hybridized carbons (Fsp3) is 0.385. The molecule has 0 saturated carbocycles. The summed E-state index contributed by atoms with van der Waals surface area (Å²) in [7, 11) is 0. The Kier molecular flexibility index (Phi) is 3.07. The van der Waals surface area contributed by atoms with E-state index in [4.69, 9.17) is 5.73 Å². The number of aryl methyl sites for hydroxylation is 1. The van der Waals surface area contributed by atoms with Crippen LogP contribution in [0.4, 0.5) is 9.18 Å². The van der Waals surface area contributed by atoms with Crippen molar-refractivity contribution in [2.45, 2.75) is 32.9 Å². The molecule has 1 heterocycles. The average molecular weight is 249 g/mol. The first-order chi connectivity index (χ1) is 8.41. The van der Waals surface area contributed by atoms with Crippen LogP contribution < -0.4 is 5.73 Å². The van der Waals surface area contributed by atoms with Crippen LogP contribution in [0.2, 0.25) is 0 Å². The molecule has 1 unspecified atom stereocenters. The Bertz CT molecular complexity index is 525. The number of nitrogens with zero attached hydrogens (tertiary/aromatic N) is 2. The molecule has 2 amide bonds. The maximum atomic E-state index is 13.9. The van der Waals surface area contributed by atoms with Crippen LogP contribution in [0, 0.1) is 12.7 Å². The topological polar surface area (TPSA) is 58.7 Å². The summed E-state index contributed by atoms with van der Waals surface area (Å²) < 4.78 is 13.9. The number of aliphatic imine (C=N–C) groups is 1. The summed E-state index contributed by atoms with van der Waals surface area (Å²) in [6, 6.07) is 3.68. The number of amidine groups is 1. The summed E-state index contributed by atoms with van der Waals surface area (Å²) in [6.45, 7) is 5.58. The van der Waals surface area contributed by atoms with Gasteiger partial charge in [-0.1, -0.05) is 17.7 Å². The Balaban J connectivity index is 2.51. The number of halogens is 1. The first-order valence-corrected chi connectivity index (χ1v) is 5.84. The molecule has 1 aromatic rings. The predicted octanol–water partition coefficient (Wildman–Crippen LogP) is 2.38. The van der Waals surface area contributed by atoms with E-state index < -0.39 is 12.1 Å². The van der Waals surface area contributed by atoms with Crippen LogP contribution in [0.3, 0.4) is 0 Å². The lowest BCUT2D eigenvalue weighted by Crippen LogP contribution is -2.38. The van der Waals surface area contributed by atoms with Gasteiger partial charge in [0, 0.05) is 11.6 Å². The molecule has 1 aliphatic heterocycles. The van der Waals surface area contributed by atoms with Crippen molar-refractivity contribution in [1.29, 1.82) is 0 Å². The van der Waals surface area contributed by atoms with Gasteiger partial charge < -0.3 is 10.6 Å². The number of rotatable bonds is 2. The molecular formula is C13H16FN3O. The first-order valence-electron chi connectivity index (χ1n) is 5.84. The summed E-state index contributed by atoms with van der Waals surface area (Å²) in [5.41, 5.74) is 7.09. The molecule has 18 heavy (non-hydrogen) atoms. The van der Waals surface area contributed by atoms with Crippen LogP contribution in [0.25, 0.3) is 0 Å². The lowest BCUT2D eigenvalue weighted by molar-refractivity contribution is 0.189. The Morgan fingerprint density at radius 1 is 1.44 bits per heavy atom. The smallest absolute Gasteiger partial charge is 0.346 e. The van der Waals surface area contributed by atoms with E-state index in [1.165, 1.54) is 11.0 Å². The van der Waals surface area contributed by atoms with Crippen molar-refractivity contribution in [2.75, 3.05) is 0 Å².